The van der Waals surface area contributed by atoms with Gasteiger partial charge in [0.1, 0.15) is 0 Å². The molecule has 3 heterocycles. The Morgan fingerprint density at radius 1 is 1.31 bits per heavy atom. The number of methoxy groups -OCH3 is 1. The molecule has 8 nitrogen and oxygen atoms in total. The fourth-order valence-electron chi connectivity index (χ4n) is 4.95. The summed E-state index contributed by atoms with van der Waals surface area (Å²) in [4.78, 5) is 29.6. The number of aromatic nitrogens is 3. The Balaban J connectivity index is 1.61. The molecule has 2 aliphatic rings. The second-order valence-electron chi connectivity index (χ2n) is 9.04. The molecule has 0 radical (unpaired) electrons. The summed E-state index contributed by atoms with van der Waals surface area (Å²) in [6, 6.07) is 3.08. The molecule has 32 heavy (non-hydrogen) atoms. The third-order valence-corrected chi connectivity index (χ3v) is 6.70. The molecule has 1 amide bonds. The lowest BCUT2D eigenvalue weighted by atomic mass is 9.74. The van der Waals surface area contributed by atoms with Gasteiger partial charge in [-0.25, -0.2) is 18.3 Å². The number of imidazole rings is 1. The van der Waals surface area contributed by atoms with E-state index >= 15 is 0 Å². The van der Waals surface area contributed by atoms with E-state index in [0.717, 1.165) is 38.5 Å². The van der Waals surface area contributed by atoms with Crippen molar-refractivity contribution in [3.05, 3.63) is 29.7 Å². The summed E-state index contributed by atoms with van der Waals surface area (Å²) in [6.07, 6.45) is 7.43. The molecule has 0 spiro atoms. The van der Waals surface area contributed by atoms with Crippen LogP contribution in [0.25, 0.3) is 5.65 Å². The minimum Gasteiger partial charge on any atom is -0.468 e. The van der Waals surface area contributed by atoms with Gasteiger partial charge in [0.15, 0.2) is 11.1 Å². The molecule has 1 aliphatic heterocycles. The molecule has 0 aromatic carbocycles. The maximum Gasteiger partial charge on any atom is 0.322 e. The molecule has 2 fully saturated rings. The minimum atomic E-state index is -3.22. The number of esters is 1. The molecule has 1 saturated heterocycles. The molecule has 0 unspecified atom stereocenters. The van der Waals surface area contributed by atoms with Crippen LogP contribution in [0.4, 0.5) is 8.78 Å². The average Bonchev–Trinajstić information content (AvgIpc) is 2.99. The standard InChI is InChI=1S/C22H29F2N5O3/c1-32-20(31)21(12-22(23,24)13-26-19(21)30)10-15-8-9-17-27-16(11-29(17)28-15)18(25)14-6-4-2-3-5-7-14/h8-9,11,14,18H,2-7,10,12-13,25H2,1H3,(H,26,30)/t18-,21+/m0/s1. The molecule has 1 saturated carbocycles. The highest BCUT2D eigenvalue weighted by atomic mass is 19.3. The van der Waals surface area contributed by atoms with Crippen molar-refractivity contribution >= 4 is 17.5 Å². The van der Waals surface area contributed by atoms with E-state index in [4.69, 9.17) is 10.5 Å². The van der Waals surface area contributed by atoms with Crippen LogP contribution < -0.4 is 11.1 Å². The quantitative estimate of drug-likeness (QED) is 0.412. The van der Waals surface area contributed by atoms with Crippen LogP contribution in [0.3, 0.4) is 0 Å². The summed E-state index contributed by atoms with van der Waals surface area (Å²) in [5, 5.41) is 6.59. The molecule has 1 aliphatic carbocycles. The van der Waals surface area contributed by atoms with Crippen LogP contribution in [0, 0.1) is 11.3 Å². The summed E-state index contributed by atoms with van der Waals surface area (Å²) in [6.45, 7) is -0.805. The van der Waals surface area contributed by atoms with Gasteiger partial charge in [0.25, 0.3) is 5.92 Å². The zero-order valence-corrected chi connectivity index (χ0v) is 18.2. The highest BCUT2D eigenvalue weighted by Gasteiger charge is 2.57. The number of hydrogen-bond donors (Lipinski definition) is 2. The van der Waals surface area contributed by atoms with Crippen LogP contribution in [-0.2, 0) is 20.7 Å². The number of nitrogens with two attached hydrogens (primary N) is 1. The predicted octanol–water partition coefficient (Wildman–Crippen LogP) is 2.56. The third-order valence-electron chi connectivity index (χ3n) is 6.70. The van der Waals surface area contributed by atoms with Crippen molar-refractivity contribution in [2.75, 3.05) is 13.7 Å². The van der Waals surface area contributed by atoms with Gasteiger partial charge in [-0.05, 0) is 30.9 Å². The highest BCUT2D eigenvalue weighted by Crippen LogP contribution is 2.40. The Morgan fingerprint density at radius 3 is 2.72 bits per heavy atom. The van der Waals surface area contributed by atoms with Crippen LogP contribution in [-0.4, -0.2) is 46.1 Å². The van der Waals surface area contributed by atoms with Crippen molar-refractivity contribution < 1.29 is 23.1 Å². The Labute approximate surface area is 184 Å². The maximum absolute atomic E-state index is 14.2. The Morgan fingerprint density at radius 2 is 2.03 bits per heavy atom. The lowest BCUT2D eigenvalue weighted by Gasteiger charge is -2.37. The summed E-state index contributed by atoms with van der Waals surface area (Å²) in [7, 11) is 1.08. The Kier molecular flexibility index (Phi) is 6.15. The topological polar surface area (TPSA) is 112 Å². The molecular formula is C22H29F2N5O3. The summed E-state index contributed by atoms with van der Waals surface area (Å²) >= 11 is 0. The van der Waals surface area contributed by atoms with Gasteiger partial charge in [-0.15, -0.1) is 0 Å². The van der Waals surface area contributed by atoms with E-state index in [1.807, 2.05) is 0 Å². The number of hydrogen-bond acceptors (Lipinski definition) is 6. The number of fused-ring (bicyclic) bond motifs is 1. The van der Waals surface area contributed by atoms with Crippen molar-refractivity contribution in [1.82, 2.24) is 19.9 Å². The second-order valence-corrected chi connectivity index (χ2v) is 9.04. The molecular weight excluding hydrogens is 420 g/mol. The third kappa shape index (κ3) is 4.32. The van der Waals surface area contributed by atoms with Gasteiger partial charge in [-0.2, -0.15) is 5.10 Å². The van der Waals surface area contributed by atoms with E-state index in [-0.39, 0.29) is 12.5 Å². The monoisotopic (exact) mass is 449 g/mol. The fourth-order valence-corrected chi connectivity index (χ4v) is 4.95. The smallest absolute Gasteiger partial charge is 0.322 e. The van der Waals surface area contributed by atoms with E-state index in [9.17, 15) is 18.4 Å². The van der Waals surface area contributed by atoms with Crippen LogP contribution >= 0.6 is 0 Å². The molecule has 2 atom stereocenters. The second kappa shape index (κ2) is 8.73. The number of alkyl halides is 2. The van der Waals surface area contributed by atoms with Gasteiger partial charge in [0.2, 0.25) is 5.91 Å². The van der Waals surface area contributed by atoms with Crippen molar-refractivity contribution in [1.29, 1.82) is 0 Å². The zero-order valence-electron chi connectivity index (χ0n) is 18.2. The van der Waals surface area contributed by atoms with Crippen LogP contribution in [0.1, 0.15) is 62.4 Å². The number of nitrogens with zero attached hydrogens (tertiary/aromatic N) is 3. The van der Waals surface area contributed by atoms with Gasteiger partial charge in [0.05, 0.1) is 37.3 Å². The number of halogens is 2. The molecule has 2 aromatic heterocycles. The van der Waals surface area contributed by atoms with Crippen LogP contribution in [0.2, 0.25) is 0 Å². The van der Waals surface area contributed by atoms with Crippen molar-refractivity contribution in [3.8, 4) is 0 Å². The van der Waals surface area contributed by atoms with Gasteiger partial charge in [0, 0.05) is 12.8 Å². The van der Waals surface area contributed by atoms with Crippen LogP contribution in [0.5, 0.6) is 0 Å². The van der Waals surface area contributed by atoms with Crippen LogP contribution in [0.15, 0.2) is 18.3 Å². The highest BCUT2D eigenvalue weighted by molar-refractivity contribution is 6.03. The van der Waals surface area contributed by atoms with E-state index in [0.29, 0.717) is 17.3 Å². The largest absolute Gasteiger partial charge is 0.468 e. The molecule has 2 aromatic rings. The normalized spacial score (nSPS) is 25.2. The van der Waals surface area contributed by atoms with E-state index in [1.165, 1.54) is 17.4 Å². The number of ether oxygens (including phenoxy) is 1. The number of piperidine rings is 1. The zero-order chi connectivity index (χ0) is 22.9. The Bertz CT molecular complexity index is 993. The number of rotatable bonds is 5. The minimum absolute atomic E-state index is 0.206. The van der Waals surface area contributed by atoms with Gasteiger partial charge < -0.3 is 15.8 Å². The van der Waals surface area contributed by atoms with E-state index in [2.05, 4.69) is 15.4 Å². The first-order valence-corrected chi connectivity index (χ1v) is 11.1. The molecule has 0 bridgehead atoms. The lowest BCUT2D eigenvalue weighted by molar-refractivity contribution is -0.172. The van der Waals surface area contributed by atoms with Gasteiger partial charge in [-0.3, -0.25) is 9.59 Å². The number of carbonyl (C=O) groups excluding carboxylic acids is 2. The lowest BCUT2D eigenvalue weighted by Crippen LogP contribution is -2.59. The fraction of sp³-hybridized carbons (Fsp3) is 0.636. The van der Waals surface area contributed by atoms with Crippen molar-refractivity contribution in [2.24, 2.45) is 17.1 Å². The molecule has 174 valence electrons. The summed E-state index contributed by atoms with van der Waals surface area (Å²) in [5.74, 6) is -4.64. The molecule has 3 N–H and O–H groups in total. The van der Waals surface area contributed by atoms with Crippen molar-refractivity contribution in [2.45, 2.75) is 63.3 Å². The maximum atomic E-state index is 14.2. The number of carbonyl (C=O) groups is 2. The van der Waals surface area contributed by atoms with E-state index in [1.54, 1.807) is 18.3 Å². The van der Waals surface area contributed by atoms with E-state index < -0.39 is 36.2 Å². The number of nitrogens with one attached hydrogen (secondary N) is 1. The van der Waals surface area contributed by atoms with Crippen molar-refractivity contribution in [3.63, 3.8) is 0 Å². The Hall–Kier alpha value is -2.62. The van der Waals surface area contributed by atoms with Gasteiger partial charge in [-0.1, -0.05) is 25.7 Å². The first kappa shape index (κ1) is 22.6. The molecule has 10 heteroatoms. The first-order chi connectivity index (χ1) is 15.2. The summed E-state index contributed by atoms with van der Waals surface area (Å²) < 4.78 is 34.6. The summed E-state index contributed by atoms with van der Waals surface area (Å²) in [5.41, 5.74) is 6.08. The SMILES string of the molecule is COC(=O)[C@]1(Cc2ccc3nc([C@@H](N)C4CCCCCC4)cn3n2)CC(F)(F)CNC1=O. The number of amides is 1. The molecule has 4 rings (SSSR count). The predicted molar refractivity (Wildman–Crippen MR) is 112 cm³/mol. The first-order valence-electron chi connectivity index (χ1n) is 11.1. The van der Waals surface area contributed by atoms with Gasteiger partial charge >= 0.3 is 5.97 Å². The average molecular weight is 450 g/mol.